The highest BCUT2D eigenvalue weighted by atomic mass is 15.2. The molecule has 2 nitrogen and oxygen atoms in total. The molecule has 4 aliphatic rings. The Hall–Kier alpha value is -0.660. The summed E-state index contributed by atoms with van der Waals surface area (Å²) in [5.41, 5.74) is 4.15. The molecule has 2 heteroatoms. The molecule has 2 saturated carbocycles. The number of hydrogen-bond acceptors (Lipinski definition) is 0. The summed E-state index contributed by atoms with van der Waals surface area (Å²) in [7, 11) is 0. The van der Waals surface area contributed by atoms with Crippen LogP contribution in [0.4, 0.5) is 0 Å². The largest absolute Gasteiger partial charge is 0.227 e. The molecule has 2 fully saturated rings. The first-order valence-electron chi connectivity index (χ1n) is 11.5. The normalized spacial score (nSPS) is 38.5. The highest BCUT2D eigenvalue weighted by molar-refractivity contribution is 5.85. The van der Waals surface area contributed by atoms with Crippen LogP contribution in [0.3, 0.4) is 0 Å². The summed E-state index contributed by atoms with van der Waals surface area (Å²) in [5.74, 6) is 1.78. The van der Waals surface area contributed by atoms with Gasteiger partial charge >= 0.3 is 0 Å². The minimum Gasteiger partial charge on any atom is -0.227 e. The van der Waals surface area contributed by atoms with Crippen LogP contribution in [0, 0.1) is 22.7 Å². The molecule has 0 aromatic carbocycles. The Kier molecular flexibility index (Phi) is 4.64. The first-order chi connectivity index (χ1) is 12.3. The molecule has 4 rings (SSSR count). The smallest absolute Gasteiger partial charge is 0.201 e. The third-order valence-electron chi connectivity index (χ3n) is 9.42. The van der Waals surface area contributed by atoms with Gasteiger partial charge in [-0.25, -0.2) is 9.15 Å². The van der Waals surface area contributed by atoms with Gasteiger partial charge in [-0.1, -0.05) is 12.8 Å². The Bertz CT molecular complexity index is 581. The fourth-order valence-electron chi connectivity index (χ4n) is 7.31. The lowest BCUT2D eigenvalue weighted by atomic mass is 9.69. The molecule has 2 heterocycles. The van der Waals surface area contributed by atoms with Gasteiger partial charge in [0.25, 0.3) is 0 Å². The van der Waals surface area contributed by atoms with E-state index in [0.29, 0.717) is 10.8 Å². The second-order valence-electron chi connectivity index (χ2n) is 10.9. The summed E-state index contributed by atoms with van der Waals surface area (Å²) >= 11 is 0. The van der Waals surface area contributed by atoms with Crippen molar-refractivity contribution in [3.05, 3.63) is 0 Å². The molecule has 146 valence electrons. The van der Waals surface area contributed by atoms with Crippen LogP contribution in [0.2, 0.25) is 0 Å². The summed E-state index contributed by atoms with van der Waals surface area (Å²) in [6.07, 6.45) is 11.5. The highest BCUT2D eigenvalue weighted by Gasteiger charge is 2.56. The molecule has 2 aliphatic carbocycles. The van der Waals surface area contributed by atoms with Gasteiger partial charge in [-0.3, -0.25) is 0 Å². The molecule has 0 aromatic rings. The van der Waals surface area contributed by atoms with E-state index < -0.39 is 0 Å². The average Bonchev–Trinajstić information content (AvgIpc) is 2.94. The molecule has 0 bridgehead atoms. The Balaban J connectivity index is 1.56. The third kappa shape index (κ3) is 2.65. The molecule has 0 radical (unpaired) electrons. The van der Waals surface area contributed by atoms with E-state index in [1.54, 1.807) is 11.4 Å². The lowest BCUT2D eigenvalue weighted by Gasteiger charge is -2.30. The van der Waals surface area contributed by atoms with Crippen LogP contribution in [0.25, 0.3) is 0 Å². The van der Waals surface area contributed by atoms with E-state index >= 15 is 0 Å². The predicted octanol–water partition coefficient (Wildman–Crippen LogP) is 5.13. The fraction of sp³-hybridized carbons (Fsp3) is 0.917. The lowest BCUT2D eigenvalue weighted by Crippen LogP contribution is -2.39. The Labute approximate surface area is 161 Å². The quantitative estimate of drug-likeness (QED) is 0.617. The maximum absolute atomic E-state index is 2.85. The van der Waals surface area contributed by atoms with Crippen LogP contribution in [0.15, 0.2) is 0 Å². The van der Waals surface area contributed by atoms with Gasteiger partial charge in [0.2, 0.25) is 13.1 Å². The second-order valence-corrected chi connectivity index (χ2v) is 10.9. The molecular weight excluding hydrogens is 316 g/mol. The zero-order valence-corrected chi connectivity index (χ0v) is 18.3. The number of hydrogen-bond donors (Lipinski definition) is 0. The van der Waals surface area contributed by atoms with Gasteiger partial charge in [0, 0.05) is 38.5 Å². The van der Waals surface area contributed by atoms with Crippen LogP contribution in [-0.4, -0.2) is 45.7 Å². The van der Waals surface area contributed by atoms with Gasteiger partial charge in [0.15, 0.2) is 23.5 Å². The van der Waals surface area contributed by atoms with E-state index in [4.69, 9.17) is 0 Å². The van der Waals surface area contributed by atoms with Gasteiger partial charge in [0.1, 0.15) is 0 Å². The van der Waals surface area contributed by atoms with Crippen molar-refractivity contribution < 1.29 is 9.15 Å². The molecule has 0 N–H and O–H groups in total. The van der Waals surface area contributed by atoms with E-state index in [1.165, 1.54) is 64.5 Å². The van der Waals surface area contributed by atoms with Gasteiger partial charge < -0.3 is 0 Å². The van der Waals surface area contributed by atoms with Gasteiger partial charge in [0.05, 0.1) is 10.8 Å². The van der Waals surface area contributed by atoms with E-state index in [9.17, 15) is 0 Å². The topological polar surface area (TPSA) is 6.02 Å². The average molecular weight is 359 g/mol. The molecule has 0 spiro atoms. The van der Waals surface area contributed by atoms with Crippen molar-refractivity contribution in [2.75, 3.05) is 13.1 Å². The number of fused-ring (bicyclic) bond motifs is 2. The van der Waals surface area contributed by atoms with Crippen molar-refractivity contribution >= 4 is 11.4 Å². The molecule has 0 aromatic heterocycles. The van der Waals surface area contributed by atoms with Gasteiger partial charge in [-0.15, -0.1) is 0 Å². The van der Waals surface area contributed by atoms with Crippen LogP contribution in [-0.2, 0) is 0 Å². The Morgan fingerprint density at radius 2 is 1.00 bits per heavy atom. The van der Waals surface area contributed by atoms with Crippen molar-refractivity contribution in [2.24, 2.45) is 22.7 Å². The van der Waals surface area contributed by atoms with Gasteiger partial charge in [-0.2, -0.15) is 0 Å². The fourth-order valence-corrected chi connectivity index (χ4v) is 7.31. The Morgan fingerprint density at radius 1 is 0.654 bits per heavy atom. The van der Waals surface area contributed by atoms with Crippen molar-refractivity contribution in [3.8, 4) is 0 Å². The van der Waals surface area contributed by atoms with Crippen molar-refractivity contribution in [2.45, 2.75) is 105 Å². The predicted molar refractivity (Wildman–Crippen MR) is 111 cm³/mol. The van der Waals surface area contributed by atoms with E-state index in [1.807, 2.05) is 0 Å². The maximum atomic E-state index is 2.85. The van der Waals surface area contributed by atoms with Crippen LogP contribution in [0.5, 0.6) is 0 Å². The molecule has 4 unspecified atom stereocenters. The van der Waals surface area contributed by atoms with E-state index in [0.717, 1.165) is 23.9 Å². The van der Waals surface area contributed by atoms with Crippen LogP contribution >= 0.6 is 0 Å². The first-order valence-corrected chi connectivity index (χ1v) is 11.5. The minimum atomic E-state index is 0.404. The molecule has 4 atom stereocenters. The van der Waals surface area contributed by atoms with E-state index in [-0.39, 0.29) is 0 Å². The molecule has 0 saturated heterocycles. The van der Waals surface area contributed by atoms with Gasteiger partial charge in [-0.05, 0) is 53.4 Å². The zero-order chi connectivity index (χ0) is 18.7. The zero-order valence-electron chi connectivity index (χ0n) is 18.3. The standard InChI is InChI=1S/C24H42N2/c1-17-23(3,4)19-11-7-9-13-21(19)25(17)15-16-26-18(2)24(5,6)20-12-8-10-14-22(20)26/h19-22H,7-16H2,1-6H3/q+2. The summed E-state index contributed by atoms with van der Waals surface area (Å²) in [4.78, 5) is 0. The van der Waals surface area contributed by atoms with Crippen LogP contribution in [0.1, 0.15) is 92.9 Å². The highest BCUT2D eigenvalue weighted by Crippen LogP contribution is 2.47. The first kappa shape index (κ1) is 18.7. The Morgan fingerprint density at radius 3 is 1.38 bits per heavy atom. The maximum Gasteiger partial charge on any atom is 0.201 e. The second kappa shape index (κ2) is 6.45. The number of rotatable bonds is 3. The lowest BCUT2D eigenvalue weighted by molar-refractivity contribution is -0.633. The van der Waals surface area contributed by atoms with E-state index in [2.05, 4.69) is 50.7 Å². The molecular formula is C24H42N2+2. The van der Waals surface area contributed by atoms with Crippen molar-refractivity contribution in [1.82, 2.24) is 0 Å². The monoisotopic (exact) mass is 358 g/mol. The molecule has 26 heavy (non-hydrogen) atoms. The molecule has 0 amide bonds. The summed E-state index contributed by atoms with van der Waals surface area (Å²) in [6.45, 7) is 17.4. The molecule has 2 aliphatic heterocycles. The number of nitrogens with zero attached hydrogens (tertiary/aromatic N) is 2. The third-order valence-corrected chi connectivity index (χ3v) is 9.42. The summed E-state index contributed by atoms with van der Waals surface area (Å²) in [6, 6.07) is 1.63. The van der Waals surface area contributed by atoms with Crippen LogP contribution < -0.4 is 0 Å². The minimum absolute atomic E-state index is 0.404. The van der Waals surface area contributed by atoms with Crippen molar-refractivity contribution in [3.63, 3.8) is 0 Å². The SMILES string of the molecule is CC1=[N+](CC[N+]2=C(C)C(C)(C)C3CCCCC32)C2CCCCC2C1(C)C. The van der Waals surface area contributed by atoms with Crippen molar-refractivity contribution in [1.29, 1.82) is 0 Å². The summed E-state index contributed by atoms with van der Waals surface area (Å²) < 4.78 is 5.69. The summed E-state index contributed by atoms with van der Waals surface area (Å²) in [5, 5.41) is 0.